The highest BCUT2D eigenvalue weighted by molar-refractivity contribution is 7.17. The number of thiophene rings is 2. The van der Waals surface area contributed by atoms with E-state index in [-0.39, 0.29) is 11.6 Å². The SMILES string of the molecule is COC(=O)C1=C(C)NC(C)=C(C(C)=O)C1c1csc2ccccc12.COC(=O)C1=C(C)NC(C)=C(C(C)=O)C1c1csc2ccccc12. The van der Waals surface area contributed by atoms with Crippen molar-refractivity contribution in [1.29, 1.82) is 0 Å². The third-order valence-corrected chi connectivity index (χ3v) is 10.7. The van der Waals surface area contributed by atoms with Crippen LogP contribution in [0.15, 0.2) is 104 Å². The van der Waals surface area contributed by atoms with Crippen LogP contribution in [0.2, 0.25) is 0 Å². The van der Waals surface area contributed by atoms with Crippen molar-refractivity contribution in [1.82, 2.24) is 10.6 Å². The summed E-state index contributed by atoms with van der Waals surface area (Å²) in [6.07, 6.45) is 0. The highest BCUT2D eigenvalue weighted by atomic mass is 32.1. The second kappa shape index (κ2) is 14.1. The molecule has 2 aromatic heterocycles. The molecule has 2 aliphatic rings. The van der Waals surface area contributed by atoms with Gasteiger partial charge in [-0.05, 0) is 86.3 Å². The minimum absolute atomic E-state index is 0.0471. The molecule has 0 radical (unpaired) electrons. The fourth-order valence-electron chi connectivity index (χ4n) is 6.75. The molecule has 10 heteroatoms. The number of ether oxygens (including phenoxy) is 2. The van der Waals surface area contributed by atoms with Crippen LogP contribution in [-0.2, 0) is 28.7 Å². The number of hydrogen-bond donors (Lipinski definition) is 2. The lowest BCUT2D eigenvalue weighted by Crippen LogP contribution is -2.30. The average molecular weight is 683 g/mol. The van der Waals surface area contributed by atoms with Gasteiger partial charge in [-0.1, -0.05) is 36.4 Å². The fraction of sp³-hybridized carbons (Fsp3) is 0.263. The first-order chi connectivity index (χ1) is 22.9. The van der Waals surface area contributed by atoms with Crippen LogP contribution < -0.4 is 10.6 Å². The van der Waals surface area contributed by atoms with E-state index in [1.807, 2.05) is 87.0 Å². The molecule has 0 saturated heterocycles. The monoisotopic (exact) mass is 682 g/mol. The van der Waals surface area contributed by atoms with Crippen molar-refractivity contribution < 1.29 is 28.7 Å². The molecule has 248 valence electrons. The maximum atomic E-state index is 12.4. The Morgan fingerprint density at radius 2 is 0.896 bits per heavy atom. The molecule has 0 bridgehead atoms. The van der Waals surface area contributed by atoms with E-state index in [2.05, 4.69) is 10.6 Å². The summed E-state index contributed by atoms with van der Waals surface area (Å²) in [7, 11) is 2.73. The van der Waals surface area contributed by atoms with Crippen molar-refractivity contribution in [3.05, 3.63) is 115 Å². The molecule has 4 aromatic rings. The van der Waals surface area contributed by atoms with Crippen molar-refractivity contribution >= 4 is 66.4 Å². The van der Waals surface area contributed by atoms with Gasteiger partial charge in [0.25, 0.3) is 0 Å². The van der Waals surface area contributed by atoms with Crippen molar-refractivity contribution in [2.45, 2.75) is 53.4 Å². The standard InChI is InChI=1S/2C19H19NO3S/c2*1-10-16(12(3)21)18(17(11(2)20-10)19(22)23-4)14-9-24-15-8-6-5-7-13(14)15/h2*5-9,18,20H,1-4H3. The lowest BCUT2D eigenvalue weighted by atomic mass is 9.79. The van der Waals surface area contributed by atoms with Crippen molar-refractivity contribution in [3.8, 4) is 0 Å². The van der Waals surface area contributed by atoms with E-state index in [0.717, 1.165) is 54.1 Å². The van der Waals surface area contributed by atoms with Crippen LogP contribution in [0.25, 0.3) is 20.2 Å². The lowest BCUT2D eigenvalue weighted by molar-refractivity contribution is -0.137. The summed E-state index contributed by atoms with van der Waals surface area (Å²) in [5, 5.41) is 12.5. The zero-order valence-corrected chi connectivity index (χ0v) is 29.8. The zero-order valence-electron chi connectivity index (χ0n) is 28.2. The normalized spacial score (nSPS) is 17.9. The highest BCUT2D eigenvalue weighted by Gasteiger charge is 2.38. The van der Waals surface area contributed by atoms with Crippen LogP contribution in [0, 0.1) is 0 Å². The number of carbonyl (C=O) groups is 4. The predicted octanol–water partition coefficient (Wildman–Crippen LogP) is 7.80. The Morgan fingerprint density at radius 1 is 0.562 bits per heavy atom. The first-order valence-corrected chi connectivity index (χ1v) is 17.1. The summed E-state index contributed by atoms with van der Waals surface area (Å²) in [5.74, 6) is -1.74. The van der Waals surface area contributed by atoms with E-state index >= 15 is 0 Å². The van der Waals surface area contributed by atoms with Gasteiger partial charge in [0, 0.05) is 55.2 Å². The molecule has 0 saturated carbocycles. The topological polar surface area (TPSA) is 111 Å². The maximum Gasteiger partial charge on any atom is 0.336 e. The van der Waals surface area contributed by atoms with Crippen LogP contribution in [-0.4, -0.2) is 37.7 Å². The second-order valence-corrected chi connectivity index (χ2v) is 13.6. The Labute approximate surface area is 287 Å². The summed E-state index contributed by atoms with van der Waals surface area (Å²) in [6.45, 7) is 10.5. The van der Waals surface area contributed by atoms with Crippen LogP contribution >= 0.6 is 22.7 Å². The van der Waals surface area contributed by atoms with Gasteiger partial charge < -0.3 is 20.1 Å². The van der Waals surface area contributed by atoms with E-state index < -0.39 is 23.8 Å². The molecule has 48 heavy (non-hydrogen) atoms. The van der Waals surface area contributed by atoms with Gasteiger partial charge in [-0.2, -0.15) is 0 Å². The van der Waals surface area contributed by atoms with Crippen LogP contribution in [0.5, 0.6) is 0 Å². The Bertz CT molecular complexity index is 1960. The molecule has 8 nitrogen and oxygen atoms in total. The summed E-state index contributed by atoms with van der Waals surface area (Å²) < 4.78 is 12.3. The molecule has 6 rings (SSSR count). The van der Waals surface area contributed by atoms with Gasteiger partial charge in [0.2, 0.25) is 0 Å². The Hall–Kier alpha value is -4.80. The van der Waals surface area contributed by atoms with Crippen LogP contribution in [0.1, 0.15) is 64.5 Å². The van der Waals surface area contributed by atoms with E-state index in [1.54, 1.807) is 22.7 Å². The van der Waals surface area contributed by atoms with Crippen molar-refractivity contribution in [3.63, 3.8) is 0 Å². The number of nitrogens with one attached hydrogen (secondary N) is 2. The molecule has 2 aliphatic heterocycles. The minimum Gasteiger partial charge on any atom is -0.466 e. The summed E-state index contributed by atoms with van der Waals surface area (Å²) in [5.41, 5.74) is 7.20. The zero-order chi connectivity index (χ0) is 34.9. The van der Waals surface area contributed by atoms with Crippen LogP contribution in [0.4, 0.5) is 0 Å². The average Bonchev–Trinajstić information content (AvgIpc) is 3.68. The number of fused-ring (bicyclic) bond motifs is 2. The number of dihydropyridines is 2. The molecule has 4 heterocycles. The third kappa shape index (κ3) is 6.25. The molecule has 2 unspecified atom stereocenters. The molecule has 2 atom stereocenters. The lowest BCUT2D eigenvalue weighted by Gasteiger charge is -2.30. The molecular weight excluding hydrogens is 645 g/mol. The molecular formula is C38H38N2O6S2. The van der Waals surface area contributed by atoms with Crippen molar-refractivity contribution in [2.24, 2.45) is 0 Å². The number of methoxy groups -OCH3 is 2. The third-order valence-electron chi connectivity index (χ3n) is 8.73. The van der Waals surface area contributed by atoms with Gasteiger partial charge in [-0.25, -0.2) is 9.59 Å². The molecule has 0 aliphatic carbocycles. The first-order valence-electron chi connectivity index (χ1n) is 15.4. The van der Waals surface area contributed by atoms with Gasteiger partial charge in [0.05, 0.1) is 25.4 Å². The molecule has 2 N–H and O–H groups in total. The van der Waals surface area contributed by atoms with E-state index in [1.165, 1.54) is 28.1 Å². The van der Waals surface area contributed by atoms with E-state index in [9.17, 15) is 19.2 Å². The fourth-order valence-corrected chi connectivity index (χ4v) is 8.72. The molecule has 0 fully saturated rings. The quantitative estimate of drug-likeness (QED) is 0.198. The number of Topliss-reactive ketones (excluding diaryl/α,β-unsaturated/α-hetero) is 2. The number of rotatable bonds is 6. The Balaban J connectivity index is 0.000000188. The number of ketones is 2. The number of esters is 2. The Morgan fingerprint density at radius 3 is 1.23 bits per heavy atom. The first kappa shape index (κ1) is 34.5. The van der Waals surface area contributed by atoms with Crippen molar-refractivity contribution in [2.75, 3.05) is 14.2 Å². The van der Waals surface area contributed by atoms with Gasteiger partial charge in [0.1, 0.15) is 0 Å². The molecule has 0 amide bonds. The van der Waals surface area contributed by atoms with E-state index in [0.29, 0.717) is 22.3 Å². The highest BCUT2D eigenvalue weighted by Crippen LogP contribution is 2.45. The molecule has 2 aromatic carbocycles. The largest absolute Gasteiger partial charge is 0.466 e. The van der Waals surface area contributed by atoms with Gasteiger partial charge >= 0.3 is 11.9 Å². The summed E-state index contributed by atoms with van der Waals surface area (Å²) in [6, 6.07) is 16.1. The number of carbonyl (C=O) groups excluding carboxylic acids is 4. The van der Waals surface area contributed by atoms with E-state index in [4.69, 9.17) is 9.47 Å². The maximum absolute atomic E-state index is 12.4. The summed E-state index contributed by atoms with van der Waals surface area (Å²) >= 11 is 3.23. The predicted molar refractivity (Wildman–Crippen MR) is 192 cm³/mol. The number of allylic oxidation sites excluding steroid dienone is 6. The van der Waals surface area contributed by atoms with Gasteiger partial charge in [-0.3, -0.25) is 9.59 Å². The smallest absolute Gasteiger partial charge is 0.336 e. The summed E-state index contributed by atoms with van der Waals surface area (Å²) in [4.78, 5) is 49.6. The minimum atomic E-state index is -0.411. The van der Waals surface area contributed by atoms with Crippen LogP contribution in [0.3, 0.4) is 0 Å². The molecule has 0 spiro atoms. The second-order valence-electron chi connectivity index (χ2n) is 11.7. The number of benzene rings is 2. The van der Waals surface area contributed by atoms with Gasteiger partial charge in [-0.15, -0.1) is 22.7 Å². The van der Waals surface area contributed by atoms with Gasteiger partial charge in [0.15, 0.2) is 11.6 Å². The number of hydrogen-bond acceptors (Lipinski definition) is 10. The Kier molecular flexibility index (Phi) is 10.2.